The Hall–Kier alpha value is -1.60. The highest BCUT2D eigenvalue weighted by atomic mass is 16.5. The van der Waals surface area contributed by atoms with E-state index in [0.717, 1.165) is 38.4 Å². The third-order valence-electron chi connectivity index (χ3n) is 3.74. The quantitative estimate of drug-likeness (QED) is 0.898. The van der Waals surface area contributed by atoms with Gasteiger partial charge in [0.15, 0.2) is 5.82 Å². The summed E-state index contributed by atoms with van der Waals surface area (Å²) in [6.45, 7) is 11.3. The highest BCUT2D eigenvalue weighted by Crippen LogP contribution is 2.20. The molecule has 2 heterocycles. The monoisotopic (exact) mass is 310 g/mol. The van der Waals surface area contributed by atoms with E-state index in [4.69, 9.17) is 9.26 Å². The zero-order valence-corrected chi connectivity index (χ0v) is 13.9. The van der Waals surface area contributed by atoms with Crippen LogP contribution in [0.4, 0.5) is 10.6 Å². The molecule has 7 nitrogen and oxygen atoms in total. The predicted octanol–water partition coefficient (Wildman–Crippen LogP) is 1.81. The largest absolute Gasteiger partial charge is 0.379 e. The van der Waals surface area contributed by atoms with Crippen LogP contribution in [0.15, 0.2) is 10.8 Å². The maximum absolute atomic E-state index is 12.2. The molecule has 7 heteroatoms. The number of carbonyl (C=O) groups is 1. The van der Waals surface area contributed by atoms with Crippen molar-refractivity contribution in [3.63, 3.8) is 0 Å². The molecule has 124 valence electrons. The maximum Gasteiger partial charge on any atom is 0.322 e. The van der Waals surface area contributed by atoms with Gasteiger partial charge in [-0.25, -0.2) is 4.79 Å². The molecule has 0 spiro atoms. The second-order valence-corrected chi connectivity index (χ2v) is 6.69. The van der Waals surface area contributed by atoms with Crippen LogP contribution in [0.5, 0.6) is 0 Å². The summed E-state index contributed by atoms with van der Waals surface area (Å²) in [6.07, 6.45) is 1.51. The third-order valence-corrected chi connectivity index (χ3v) is 3.74. The zero-order valence-electron chi connectivity index (χ0n) is 13.9. The van der Waals surface area contributed by atoms with Gasteiger partial charge in [0.1, 0.15) is 6.26 Å². The average molecular weight is 310 g/mol. The van der Waals surface area contributed by atoms with Gasteiger partial charge >= 0.3 is 6.03 Å². The van der Waals surface area contributed by atoms with Gasteiger partial charge in [-0.1, -0.05) is 19.0 Å². The Morgan fingerprint density at radius 1 is 1.45 bits per heavy atom. The van der Waals surface area contributed by atoms with Gasteiger partial charge in [0.25, 0.3) is 0 Å². The van der Waals surface area contributed by atoms with E-state index < -0.39 is 0 Å². The lowest BCUT2D eigenvalue weighted by atomic mass is 9.92. The molecule has 0 unspecified atom stereocenters. The molecular formula is C15H26N4O3. The lowest BCUT2D eigenvalue weighted by molar-refractivity contribution is 0.0182. The molecule has 0 aliphatic carbocycles. The summed E-state index contributed by atoms with van der Waals surface area (Å²) < 4.78 is 10.2. The summed E-state index contributed by atoms with van der Waals surface area (Å²) in [6, 6.07) is -0.174. The van der Waals surface area contributed by atoms with Crippen LogP contribution < -0.4 is 5.32 Å². The highest BCUT2D eigenvalue weighted by molar-refractivity contribution is 5.88. The molecule has 1 fully saturated rings. The molecule has 0 atom stereocenters. The Bertz CT molecular complexity index is 495. The molecular weight excluding hydrogens is 284 g/mol. The van der Waals surface area contributed by atoms with Gasteiger partial charge in [-0.2, -0.15) is 0 Å². The van der Waals surface area contributed by atoms with E-state index in [-0.39, 0.29) is 11.4 Å². The summed E-state index contributed by atoms with van der Waals surface area (Å²) in [5, 5.41) is 6.54. The number of aryl methyl sites for hydroxylation is 1. The Kier molecular flexibility index (Phi) is 5.42. The normalized spacial score (nSPS) is 16.5. The van der Waals surface area contributed by atoms with Gasteiger partial charge in [0, 0.05) is 38.8 Å². The van der Waals surface area contributed by atoms with Crippen LogP contribution in [0.3, 0.4) is 0 Å². The minimum Gasteiger partial charge on any atom is -0.379 e. The fourth-order valence-corrected chi connectivity index (χ4v) is 2.73. The number of ether oxygens (including phenoxy) is 1. The minimum atomic E-state index is -0.174. The van der Waals surface area contributed by atoms with Crippen molar-refractivity contribution in [1.29, 1.82) is 0 Å². The molecule has 0 bridgehead atoms. The summed E-state index contributed by atoms with van der Waals surface area (Å²) in [4.78, 5) is 16.3. The number of nitrogens with one attached hydrogen (secondary N) is 1. The van der Waals surface area contributed by atoms with Gasteiger partial charge in [0.2, 0.25) is 0 Å². The van der Waals surface area contributed by atoms with Crippen LogP contribution in [0.25, 0.3) is 0 Å². The zero-order chi connectivity index (χ0) is 16.2. The lowest BCUT2D eigenvalue weighted by Gasteiger charge is -2.37. The number of rotatable bonds is 5. The molecule has 22 heavy (non-hydrogen) atoms. The molecule has 1 aromatic rings. The van der Waals surface area contributed by atoms with Crippen molar-refractivity contribution >= 4 is 11.8 Å². The van der Waals surface area contributed by atoms with Gasteiger partial charge in [-0.15, -0.1) is 0 Å². The number of hydrogen-bond acceptors (Lipinski definition) is 5. The Balaban J connectivity index is 1.84. The number of anilines is 1. The SMILES string of the molecule is Cc1conc1NC(=O)N(C)CC(C)(C)CN1CCOCC1. The lowest BCUT2D eigenvalue weighted by Crippen LogP contribution is -2.47. The maximum atomic E-state index is 12.2. The number of hydrogen-bond donors (Lipinski definition) is 1. The molecule has 1 saturated heterocycles. The van der Waals surface area contributed by atoms with Crippen molar-refractivity contribution in [2.45, 2.75) is 20.8 Å². The van der Waals surface area contributed by atoms with E-state index in [2.05, 4.69) is 29.2 Å². The van der Waals surface area contributed by atoms with Crippen LogP contribution in [0.1, 0.15) is 19.4 Å². The van der Waals surface area contributed by atoms with E-state index in [9.17, 15) is 4.79 Å². The number of morpholine rings is 1. The van der Waals surface area contributed by atoms with Crippen molar-refractivity contribution in [2.24, 2.45) is 5.41 Å². The Morgan fingerprint density at radius 2 is 2.14 bits per heavy atom. The van der Waals surface area contributed by atoms with Gasteiger partial charge in [-0.05, 0) is 12.3 Å². The van der Waals surface area contributed by atoms with E-state index in [1.165, 1.54) is 6.26 Å². The fourth-order valence-electron chi connectivity index (χ4n) is 2.73. The van der Waals surface area contributed by atoms with Crippen LogP contribution in [-0.2, 0) is 4.74 Å². The van der Waals surface area contributed by atoms with E-state index in [1.54, 1.807) is 11.9 Å². The molecule has 2 rings (SSSR count). The first-order valence-corrected chi connectivity index (χ1v) is 7.60. The second-order valence-electron chi connectivity index (χ2n) is 6.69. The van der Waals surface area contributed by atoms with Gasteiger partial charge < -0.3 is 14.2 Å². The van der Waals surface area contributed by atoms with Crippen molar-refractivity contribution in [1.82, 2.24) is 15.0 Å². The summed E-state index contributed by atoms with van der Waals surface area (Å²) in [7, 11) is 1.80. The molecule has 1 aliphatic heterocycles. The number of nitrogens with zero attached hydrogens (tertiary/aromatic N) is 3. The van der Waals surface area contributed by atoms with Crippen LogP contribution in [0.2, 0.25) is 0 Å². The second kappa shape index (κ2) is 7.11. The molecule has 0 aromatic carbocycles. The van der Waals surface area contributed by atoms with E-state index in [1.807, 2.05) is 6.92 Å². The third kappa shape index (κ3) is 4.71. The number of aromatic nitrogens is 1. The van der Waals surface area contributed by atoms with Crippen LogP contribution in [0, 0.1) is 12.3 Å². The fraction of sp³-hybridized carbons (Fsp3) is 0.733. The first kappa shape index (κ1) is 16.8. The number of urea groups is 1. The molecule has 1 aromatic heterocycles. The van der Waals surface area contributed by atoms with Crippen LogP contribution >= 0.6 is 0 Å². The molecule has 0 radical (unpaired) electrons. The van der Waals surface area contributed by atoms with Gasteiger partial charge in [-0.3, -0.25) is 10.2 Å². The molecule has 2 amide bonds. The van der Waals surface area contributed by atoms with Crippen molar-refractivity contribution in [2.75, 3.05) is 51.8 Å². The summed E-state index contributed by atoms with van der Waals surface area (Å²) >= 11 is 0. The van der Waals surface area contributed by atoms with Crippen molar-refractivity contribution < 1.29 is 14.1 Å². The first-order chi connectivity index (χ1) is 10.4. The summed E-state index contributed by atoms with van der Waals surface area (Å²) in [5.74, 6) is 0.475. The Morgan fingerprint density at radius 3 is 2.73 bits per heavy atom. The molecule has 1 N–H and O–H groups in total. The van der Waals surface area contributed by atoms with E-state index in [0.29, 0.717) is 12.4 Å². The van der Waals surface area contributed by atoms with Crippen LogP contribution in [-0.4, -0.2) is 67.4 Å². The summed E-state index contributed by atoms with van der Waals surface area (Å²) in [5.41, 5.74) is 0.816. The topological polar surface area (TPSA) is 70.8 Å². The minimum absolute atomic E-state index is 0.00228. The number of amides is 2. The van der Waals surface area contributed by atoms with Crippen molar-refractivity contribution in [3.05, 3.63) is 11.8 Å². The molecule has 0 saturated carbocycles. The standard InChI is InChI=1S/C15H26N4O3/c1-12-9-22-17-13(12)16-14(20)18(4)10-15(2,3)11-19-5-7-21-8-6-19/h9H,5-8,10-11H2,1-4H3,(H,16,17,20). The van der Waals surface area contributed by atoms with E-state index >= 15 is 0 Å². The highest BCUT2D eigenvalue weighted by Gasteiger charge is 2.26. The smallest absolute Gasteiger partial charge is 0.322 e. The Labute approximate surface area is 131 Å². The first-order valence-electron chi connectivity index (χ1n) is 7.60. The average Bonchev–Trinajstić information content (AvgIpc) is 2.84. The van der Waals surface area contributed by atoms with Gasteiger partial charge in [0.05, 0.1) is 13.2 Å². The number of carbonyl (C=O) groups excluding carboxylic acids is 1. The van der Waals surface area contributed by atoms with Crippen molar-refractivity contribution in [3.8, 4) is 0 Å². The predicted molar refractivity (Wildman–Crippen MR) is 83.9 cm³/mol. The molecule has 1 aliphatic rings.